The van der Waals surface area contributed by atoms with Crippen LogP contribution in [0.1, 0.15) is 34.1 Å². The molecule has 11 heteroatoms. The van der Waals surface area contributed by atoms with Crippen LogP contribution in [0.5, 0.6) is 0 Å². The summed E-state index contributed by atoms with van der Waals surface area (Å²) in [5, 5.41) is 0. The first kappa shape index (κ1) is 29.0. The molecule has 0 aliphatic carbocycles. The summed E-state index contributed by atoms with van der Waals surface area (Å²) in [6.07, 6.45) is 1.89. The molecule has 1 rings (SSSR count). The van der Waals surface area contributed by atoms with E-state index < -0.39 is 20.2 Å². The van der Waals surface area contributed by atoms with Gasteiger partial charge in [0.05, 0.1) is 11.5 Å². The number of hydrogen-bond acceptors (Lipinski definition) is 5. The van der Waals surface area contributed by atoms with Gasteiger partial charge in [-0.15, -0.1) is 0 Å². The van der Waals surface area contributed by atoms with Crippen LogP contribution in [0.4, 0.5) is 5.69 Å². The number of anilines is 1. The monoisotopic (exact) mass is 427 g/mol. The molecule has 0 saturated heterocycles. The van der Waals surface area contributed by atoms with Crippen LogP contribution in [0.15, 0.2) is 24.3 Å². The van der Waals surface area contributed by atoms with Crippen molar-refractivity contribution in [2.45, 2.75) is 32.6 Å². The normalized spacial score (nSPS) is 11.3. The van der Waals surface area contributed by atoms with Crippen molar-refractivity contribution in [3.8, 4) is 0 Å². The van der Waals surface area contributed by atoms with Crippen LogP contribution in [0.25, 0.3) is 0 Å². The van der Waals surface area contributed by atoms with Gasteiger partial charge >= 0.3 is 59.1 Å². The van der Waals surface area contributed by atoms with Gasteiger partial charge in [0.2, 0.25) is 0 Å². The number of benzene rings is 1. The van der Waals surface area contributed by atoms with Crippen LogP contribution in [0.2, 0.25) is 0 Å². The second-order valence-corrected chi connectivity index (χ2v) is 8.96. The second kappa shape index (κ2) is 13.9. The first-order valence-corrected chi connectivity index (χ1v) is 11.0. The van der Waals surface area contributed by atoms with Gasteiger partial charge in [0.1, 0.15) is 0 Å². The van der Waals surface area contributed by atoms with E-state index >= 15 is 0 Å². The molecule has 1 aromatic carbocycles. The molecule has 1 aromatic rings. The Bertz CT molecular complexity index is 696. The molecule has 0 amide bonds. The molecular weight excluding hydrogens is 400 g/mol. The van der Waals surface area contributed by atoms with E-state index in [-0.39, 0.29) is 73.5 Å². The molecule has 0 heterocycles. The molecule has 2 N–H and O–H groups in total. The maximum atomic E-state index is 10.8. The van der Waals surface area contributed by atoms with Gasteiger partial charge in [-0.25, -0.2) is 0 Å². The smallest absolute Gasteiger partial charge is 1.00 e. The average molecular weight is 427 g/mol. The van der Waals surface area contributed by atoms with Crippen molar-refractivity contribution in [2.75, 3.05) is 29.5 Å². The molecule has 142 valence electrons. The van der Waals surface area contributed by atoms with Crippen LogP contribution in [-0.4, -0.2) is 50.5 Å². The zero-order chi connectivity index (χ0) is 18.2. The van der Waals surface area contributed by atoms with E-state index in [2.05, 4.69) is 4.90 Å². The van der Waals surface area contributed by atoms with Crippen molar-refractivity contribution in [3.63, 3.8) is 0 Å². The van der Waals surface area contributed by atoms with E-state index in [4.69, 9.17) is 9.11 Å². The molecule has 0 spiro atoms. The van der Waals surface area contributed by atoms with Gasteiger partial charge in [-0.1, -0.05) is 12.1 Å². The number of hydrogen-bond donors (Lipinski definition) is 2. The Labute approximate surface area is 204 Å². The zero-order valence-corrected chi connectivity index (χ0v) is 21.4. The minimum atomic E-state index is -3.94. The van der Waals surface area contributed by atoms with Gasteiger partial charge in [-0.05, 0) is 50.3 Å². The topological polar surface area (TPSA) is 112 Å². The Morgan fingerprint density at radius 3 is 1.73 bits per heavy atom. The summed E-state index contributed by atoms with van der Waals surface area (Å²) in [5.41, 5.74) is 2.07. The van der Waals surface area contributed by atoms with Crippen molar-refractivity contribution in [3.05, 3.63) is 29.8 Å². The van der Waals surface area contributed by atoms with Crippen molar-refractivity contribution >= 4 is 25.9 Å². The summed E-state index contributed by atoms with van der Waals surface area (Å²) in [7, 11) is -7.89. The molecule has 0 unspecified atom stereocenters. The molecule has 0 aromatic heterocycles. The molecule has 0 atom stereocenters. The standard InChI is InChI=1S/C15H25NO6S2.2Na.2H/c1-14-7-6-8-15(13-14)16(9-2-4-11-23(17,18)19)10-3-5-12-24(20,21)22;;;;/h6-8,13H,2-5,9-12H2,1H3,(H,17,18,19)(H,20,21,22);;;;/q;2*+1;2*-1. The van der Waals surface area contributed by atoms with E-state index in [0.717, 1.165) is 11.3 Å². The van der Waals surface area contributed by atoms with Crippen LogP contribution >= 0.6 is 0 Å². The van der Waals surface area contributed by atoms with E-state index in [1.807, 2.05) is 31.2 Å². The van der Waals surface area contributed by atoms with Gasteiger partial charge in [0, 0.05) is 18.8 Å². The molecule has 26 heavy (non-hydrogen) atoms. The van der Waals surface area contributed by atoms with E-state index in [1.54, 1.807) is 0 Å². The molecule has 0 aliphatic heterocycles. The molecular formula is C15H27NNa2O6S2. The third-order valence-electron chi connectivity index (χ3n) is 3.53. The predicted octanol–water partition coefficient (Wildman–Crippen LogP) is -3.63. The summed E-state index contributed by atoms with van der Waals surface area (Å²) in [5.74, 6) is -0.533. The van der Waals surface area contributed by atoms with Gasteiger partial charge in [0.15, 0.2) is 0 Å². The minimum absolute atomic E-state index is 0. The first-order valence-electron chi connectivity index (χ1n) is 7.79. The maximum Gasteiger partial charge on any atom is 1.00 e. The zero-order valence-electron chi connectivity index (χ0n) is 17.8. The van der Waals surface area contributed by atoms with E-state index in [9.17, 15) is 16.8 Å². The Kier molecular flexibility index (Phi) is 15.6. The van der Waals surface area contributed by atoms with Crippen molar-refractivity contribution in [1.29, 1.82) is 0 Å². The van der Waals surface area contributed by atoms with E-state index in [0.29, 0.717) is 38.8 Å². The second-order valence-electron chi connectivity index (χ2n) is 5.81. The molecule has 0 radical (unpaired) electrons. The summed E-state index contributed by atoms with van der Waals surface area (Å²) in [4.78, 5) is 2.06. The fraction of sp³-hybridized carbons (Fsp3) is 0.600. The van der Waals surface area contributed by atoms with Gasteiger partial charge in [0.25, 0.3) is 20.2 Å². The summed E-state index contributed by atoms with van der Waals surface area (Å²) >= 11 is 0. The Hall–Kier alpha value is 0.840. The van der Waals surface area contributed by atoms with Gasteiger partial charge in [-0.2, -0.15) is 16.8 Å². The van der Waals surface area contributed by atoms with Crippen LogP contribution < -0.4 is 64.0 Å². The fourth-order valence-electron chi connectivity index (χ4n) is 2.37. The third kappa shape index (κ3) is 14.8. The van der Waals surface area contributed by atoms with Crippen LogP contribution in [-0.2, 0) is 20.2 Å². The first-order chi connectivity index (χ1) is 11.1. The predicted molar refractivity (Wildman–Crippen MR) is 96.9 cm³/mol. The number of unbranched alkanes of at least 4 members (excludes halogenated alkanes) is 2. The molecule has 0 bridgehead atoms. The Morgan fingerprint density at radius 2 is 1.35 bits per heavy atom. The largest absolute Gasteiger partial charge is 1.00 e. The molecule has 7 nitrogen and oxygen atoms in total. The SMILES string of the molecule is Cc1cccc(N(CCCCS(=O)(=O)O)CCCCS(=O)(=O)O)c1.[H-].[H-].[Na+].[Na+]. The average Bonchev–Trinajstić information content (AvgIpc) is 2.43. The number of rotatable bonds is 11. The van der Waals surface area contributed by atoms with E-state index in [1.165, 1.54) is 0 Å². The Morgan fingerprint density at radius 1 is 0.885 bits per heavy atom. The maximum absolute atomic E-state index is 10.8. The van der Waals surface area contributed by atoms with Gasteiger partial charge in [-0.3, -0.25) is 9.11 Å². The summed E-state index contributed by atoms with van der Waals surface area (Å²) in [6, 6.07) is 7.84. The molecule has 0 saturated carbocycles. The van der Waals surface area contributed by atoms with Crippen LogP contribution in [0, 0.1) is 6.92 Å². The minimum Gasteiger partial charge on any atom is -1.00 e. The van der Waals surface area contributed by atoms with Crippen molar-refractivity contribution < 1.29 is 87.9 Å². The van der Waals surface area contributed by atoms with Crippen molar-refractivity contribution in [2.24, 2.45) is 0 Å². The molecule has 0 aliphatic rings. The molecule has 0 fully saturated rings. The van der Waals surface area contributed by atoms with Gasteiger partial charge < -0.3 is 7.75 Å². The summed E-state index contributed by atoms with van der Waals surface area (Å²) in [6.45, 7) is 3.17. The number of aryl methyl sites for hydroxylation is 1. The summed E-state index contributed by atoms with van der Waals surface area (Å²) < 4.78 is 60.6. The quantitative estimate of drug-likeness (QED) is 0.213. The Balaban J connectivity index is -0.000000720. The third-order valence-corrected chi connectivity index (χ3v) is 5.14. The number of nitrogens with zero attached hydrogens (tertiary/aromatic N) is 1. The fourth-order valence-corrected chi connectivity index (χ4v) is 3.51. The van der Waals surface area contributed by atoms with Crippen LogP contribution in [0.3, 0.4) is 0 Å². The van der Waals surface area contributed by atoms with Crippen molar-refractivity contribution in [1.82, 2.24) is 0 Å².